The Morgan fingerprint density at radius 2 is 1.95 bits per heavy atom. The number of halogens is 1. The largest absolute Gasteiger partial charge is 0.493 e. The van der Waals surface area contributed by atoms with E-state index in [2.05, 4.69) is 0 Å². The van der Waals surface area contributed by atoms with Crippen LogP contribution in [0.4, 0.5) is 4.39 Å². The molecule has 0 radical (unpaired) electrons. The number of benzene rings is 1. The summed E-state index contributed by atoms with van der Waals surface area (Å²) in [6, 6.07) is 3.12. The highest BCUT2D eigenvalue weighted by molar-refractivity contribution is 5.94. The monoisotopic (exact) mass is 276 g/mol. The molecule has 2 saturated carbocycles. The molecule has 20 heavy (non-hydrogen) atoms. The fourth-order valence-electron chi connectivity index (χ4n) is 3.06. The Morgan fingerprint density at radius 3 is 2.55 bits per heavy atom. The van der Waals surface area contributed by atoms with Crippen LogP contribution in [0.2, 0.25) is 0 Å². The fourth-order valence-corrected chi connectivity index (χ4v) is 3.06. The van der Waals surface area contributed by atoms with Crippen molar-refractivity contribution >= 4 is 5.78 Å². The summed E-state index contributed by atoms with van der Waals surface area (Å²) in [7, 11) is 0. The summed E-state index contributed by atoms with van der Waals surface area (Å²) in [5.74, 6) is 1.04. The smallest absolute Gasteiger partial charge is 0.162 e. The minimum Gasteiger partial charge on any atom is -0.493 e. The third kappa shape index (κ3) is 2.87. The van der Waals surface area contributed by atoms with Crippen molar-refractivity contribution < 1.29 is 13.9 Å². The molecule has 0 aromatic heterocycles. The van der Waals surface area contributed by atoms with Gasteiger partial charge >= 0.3 is 0 Å². The summed E-state index contributed by atoms with van der Waals surface area (Å²) < 4.78 is 19.9. The number of ether oxygens (including phenoxy) is 1. The normalized spacial score (nSPS) is 19.3. The molecule has 0 N–H and O–H groups in total. The second-order valence-electron chi connectivity index (χ2n) is 6.16. The minimum absolute atomic E-state index is 0.195. The van der Waals surface area contributed by atoms with Gasteiger partial charge in [0, 0.05) is 6.07 Å². The van der Waals surface area contributed by atoms with Crippen LogP contribution in [-0.4, -0.2) is 12.4 Å². The van der Waals surface area contributed by atoms with Crippen LogP contribution >= 0.6 is 0 Å². The molecule has 2 fully saturated rings. The van der Waals surface area contributed by atoms with Crippen LogP contribution in [0.3, 0.4) is 0 Å². The van der Waals surface area contributed by atoms with E-state index in [1.165, 1.54) is 38.7 Å². The lowest BCUT2D eigenvalue weighted by Crippen LogP contribution is -2.10. The molecule has 0 atom stereocenters. The maximum absolute atomic E-state index is 14.0. The molecule has 0 bridgehead atoms. The molecule has 0 aliphatic heterocycles. The van der Waals surface area contributed by atoms with Gasteiger partial charge in [-0.3, -0.25) is 4.79 Å². The molecule has 0 saturated heterocycles. The Hall–Kier alpha value is -1.38. The third-order valence-electron chi connectivity index (χ3n) is 4.45. The maximum Gasteiger partial charge on any atom is 0.162 e. The summed E-state index contributed by atoms with van der Waals surface area (Å²) >= 11 is 0. The highest BCUT2D eigenvalue weighted by Gasteiger charge is 2.29. The lowest BCUT2D eigenvalue weighted by Gasteiger charge is -2.16. The van der Waals surface area contributed by atoms with Crippen LogP contribution in [0.15, 0.2) is 12.1 Å². The first-order chi connectivity index (χ1) is 9.65. The van der Waals surface area contributed by atoms with E-state index in [0.29, 0.717) is 24.2 Å². The van der Waals surface area contributed by atoms with E-state index < -0.39 is 5.82 Å². The zero-order chi connectivity index (χ0) is 14.1. The quantitative estimate of drug-likeness (QED) is 0.741. The van der Waals surface area contributed by atoms with Crippen molar-refractivity contribution in [1.29, 1.82) is 0 Å². The molecule has 1 aromatic rings. The Kier molecular flexibility index (Phi) is 3.77. The van der Waals surface area contributed by atoms with Gasteiger partial charge in [0.05, 0.1) is 12.2 Å². The second kappa shape index (κ2) is 5.55. The summed E-state index contributed by atoms with van der Waals surface area (Å²) in [5, 5.41) is 0. The van der Waals surface area contributed by atoms with Gasteiger partial charge in [0.15, 0.2) is 5.78 Å². The van der Waals surface area contributed by atoms with E-state index >= 15 is 0 Å². The molecule has 0 spiro atoms. The number of hydrogen-bond acceptors (Lipinski definition) is 2. The van der Waals surface area contributed by atoms with E-state index in [1.807, 2.05) is 0 Å². The van der Waals surface area contributed by atoms with Crippen molar-refractivity contribution in [2.24, 2.45) is 5.92 Å². The molecule has 1 aromatic carbocycles. The Bertz CT molecular complexity index is 514. The van der Waals surface area contributed by atoms with E-state index in [-0.39, 0.29) is 11.3 Å². The van der Waals surface area contributed by atoms with Gasteiger partial charge in [0.1, 0.15) is 11.6 Å². The number of ketones is 1. The zero-order valence-corrected chi connectivity index (χ0v) is 12.0. The van der Waals surface area contributed by atoms with Gasteiger partial charge in [-0.05, 0) is 56.1 Å². The predicted molar refractivity (Wildman–Crippen MR) is 75.8 cm³/mol. The van der Waals surface area contributed by atoms with E-state index in [4.69, 9.17) is 4.74 Å². The van der Waals surface area contributed by atoms with Gasteiger partial charge in [-0.1, -0.05) is 12.8 Å². The van der Waals surface area contributed by atoms with Crippen LogP contribution in [-0.2, 0) is 0 Å². The average molecular weight is 276 g/mol. The lowest BCUT2D eigenvalue weighted by molar-refractivity contribution is 0.101. The van der Waals surface area contributed by atoms with Crippen LogP contribution < -0.4 is 4.74 Å². The van der Waals surface area contributed by atoms with Gasteiger partial charge < -0.3 is 4.74 Å². The van der Waals surface area contributed by atoms with Gasteiger partial charge in [-0.15, -0.1) is 0 Å². The van der Waals surface area contributed by atoms with Crippen molar-refractivity contribution in [3.05, 3.63) is 29.1 Å². The van der Waals surface area contributed by atoms with Crippen molar-refractivity contribution in [3.63, 3.8) is 0 Å². The Labute approximate surface area is 119 Å². The van der Waals surface area contributed by atoms with Crippen molar-refractivity contribution in [2.75, 3.05) is 6.61 Å². The van der Waals surface area contributed by atoms with E-state index in [0.717, 1.165) is 18.4 Å². The number of carbonyl (C=O) groups excluding carboxylic acids is 1. The molecular weight excluding hydrogens is 255 g/mol. The molecular formula is C17H21FO2. The first-order valence-electron chi connectivity index (χ1n) is 7.62. The van der Waals surface area contributed by atoms with Crippen molar-refractivity contribution in [1.82, 2.24) is 0 Å². The summed E-state index contributed by atoms with van der Waals surface area (Å²) in [5.41, 5.74) is 1.22. The molecule has 2 aliphatic carbocycles. The standard InChI is InChI=1S/C17H21FO2/c1-11(19)14-8-15(13-6-7-13)17(9-16(14)18)20-10-12-4-2-3-5-12/h8-9,12-13H,2-7,10H2,1H3. The molecule has 3 heteroatoms. The van der Waals surface area contributed by atoms with Crippen LogP contribution in [0, 0.1) is 11.7 Å². The van der Waals surface area contributed by atoms with Gasteiger partial charge in [-0.25, -0.2) is 4.39 Å². The highest BCUT2D eigenvalue weighted by atomic mass is 19.1. The SMILES string of the molecule is CC(=O)c1cc(C2CC2)c(OCC2CCCC2)cc1F. The van der Waals surface area contributed by atoms with Crippen molar-refractivity contribution in [3.8, 4) is 5.75 Å². The van der Waals surface area contributed by atoms with Crippen LogP contribution in [0.25, 0.3) is 0 Å². The Morgan fingerprint density at radius 1 is 1.25 bits per heavy atom. The lowest BCUT2D eigenvalue weighted by atomic mass is 10.0. The molecule has 3 rings (SSSR count). The second-order valence-corrected chi connectivity index (χ2v) is 6.16. The first kappa shape index (κ1) is 13.6. The molecule has 108 valence electrons. The summed E-state index contributed by atoms with van der Waals surface area (Å²) in [4.78, 5) is 11.5. The maximum atomic E-state index is 14.0. The molecule has 0 unspecified atom stereocenters. The average Bonchev–Trinajstić information content (AvgIpc) is 3.12. The highest BCUT2D eigenvalue weighted by Crippen LogP contribution is 2.45. The molecule has 2 nitrogen and oxygen atoms in total. The number of carbonyl (C=O) groups is 1. The number of hydrogen-bond donors (Lipinski definition) is 0. The number of rotatable bonds is 5. The molecule has 0 heterocycles. The van der Waals surface area contributed by atoms with Gasteiger partial charge in [-0.2, -0.15) is 0 Å². The van der Waals surface area contributed by atoms with E-state index in [9.17, 15) is 9.18 Å². The van der Waals surface area contributed by atoms with E-state index in [1.54, 1.807) is 6.07 Å². The summed E-state index contributed by atoms with van der Waals surface area (Å²) in [6.07, 6.45) is 7.22. The first-order valence-corrected chi connectivity index (χ1v) is 7.62. The molecule has 0 amide bonds. The zero-order valence-electron chi connectivity index (χ0n) is 12.0. The van der Waals surface area contributed by atoms with Gasteiger partial charge in [0.25, 0.3) is 0 Å². The molecule has 2 aliphatic rings. The third-order valence-corrected chi connectivity index (χ3v) is 4.45. The van der Waals surface area contributed by atoms with Crippen LogP contribution in [0.5, 0.6) is 5.75 Å². The van der Waals surface area contributed by atoms with Gasteiger partial charge in [0.2, 0.25) is 0 Å². The van der Waals surface area contributed by atoms with Crippen LogP contribution in [0.1, 0.15) is 67.3 Å². The van der Waals surface area contributed by atoms with Crippen molar-refractivity contribution in [2.45, 2.75) is 51.4 Å². The minimum atomic E-state index is -0.455. The number of Topliss-reactive ketones (excluding diaryl/α,β-unsaturated/α-hetero) is 1. The topological polar surface area (TPSA) is 26.3 Å². The fraction of sp³-hybridized carbons (Fsp3) is 0.588. The predicted octanol–water partition coefficient (Wildman–Crippen LogP) is 4.47. The Balaban J connectivity index is 1.80. The summed E-state index contributed by atoms with van der Waals surface area (Å²) in [6.45, 7) is 2.09.